The monoisotopic (exact) mass is 392 g/mol. The molecule has 0 spiro atoms. The van der Waals surface area contributed by atoms with Gasteiger partial charge in [0.2, 0.25) is 0 Å². The Hall–Kier alpha value is -1.04. The lowest BCUT2D eigenvalue weighted by molar-refractivity contribution is -0.130. The predicted octanol–water partition coefficient (Wildman–Crippen LogP) is 4.28. The van der Waals surface area contributed by atoms with Crippen LogP contribution in [0, 0.1) is 5.92 Å². The van der Waals surface area contributed by atoms with Gasteiger partial charge in [-0.25, -0.2) is 9.78 Å². The highest BCUT2D eigenvalue weighted by Crippen LogP contribution is 2.31. The fourth-order valence-corrected chi connectivity index (χ4v) is 3.24. The third-order valence-corrected chi connectivity index (χ3v) is 5.44. The smallest absolute Gasteiger partial charge is 0.359 e. The van der Waals surface area contributed by atoms with Crippen LogP contribution in [0.4, 0.5) is 0 Å². The van der Waals surface area contributed by atoms with Gasteiger partial charge in [-0.05, 0) is 25.7 Å². The van der Waals surface area contributed by atoms with E-state index in [-0.39, 0.29) is 32.7 Å². The summed E-state index contributed by atoms with van der Waals surface area (Å²) in [5, 5.41) is 3.01. The SMILES string of the molecule is C[C@H](OC(=O)c1ncc(Cl)c(Cl)c1Cl)C(=O)N[C@H]1CCCC[C@H]1C. The van der Waals surface area contributed by atoms with Crippen LogP contribution >= 0.6 is 34.8 Å². The Morgan fingerprint density at radius 3 is 2.58 bits per heavy atom. The van der Waals surface area contributed by atoms with Crippen LogP contribution < -0.4 is 5.32 Å². The van der Waals surface area contributed by atoms with Crippen molar-refractivity contribution in [2.45, 2.75) is 51.7 Å². The van der Waals surface area contributed by atoms with E-state index in [2.05, 4.69) is 17.2 Å². The second-order valence-corrected chi connectivity index (χ2v) is 7.17. The average molecular weight is 394 g/mol. The minimum Gasteiger partial charge on any atom is -0.448 e. The molecule has 3 atom stereocenters. The van der Waals surface area contributed by atoms with E-state index in [0.717, 1.165) is 19.3 Å². The molecule has 24 heavy (non-hydrogen) atoms. The molecule has 0 bridgehead atoms. The Balaban J connectivity index is 1.98. The largest absolute Gasteiger partial charge is 0.448 e. The van der Waals surface area contributed by atoms with Gasteiger partial charge in [0.15, 0.2) is 11.8 Å². The summed E-state index contributed by atoms with van der Waals surface area (Å²) in [6.45, 7) is 3.62. The number of carbonyl (C=O) groups is 2. The number of carbonyl (C=O) groups excluding carboxylic acids is 2. The number of amides is 1. The van der Waals surface area contributed by atoms with E-state index in [1.165, 1.54) is 19.5 Å². The molecule has 0 aliphatic heterocycles. The minimum atomic E-state index is -0.959. The van der Waals surface area contributed by atoms with Gasteiger partial charge in [0, 0.05) is 12.2 Å². The molecule has 8 heteroatoms. The summed E-state index contributed by atoms with van der Waals surface area (Å²) < 4.78 is 5.15. The first-order chi connectivity index (χ1) is 11.3. The Morgan fingerprint density at radius 2 is 1.92 bits per heavy atom. The number of nitrogens with zero attached hydrogens (tertiary/aromatic N) is 1. The summed E-state index contributed by atoms with van der Waals surface area (Å²) in [6.07, 6.45) is 4.54. The van der Waals surface area contributed by atoms with E-state index in [0.29, 0.717) is 5.92 Å². The first kappa shape index (κ1) is 19.3. The van der Waals surface area contributed by atoms with Gasteiger partial charge in [0.1, 0.15) is 0 Å². The number of nitrogens with one attached hydrogen (secondary N) is 1. The molecule has 0 aromatic carbocycles. The van der Waals surface area contributed by atoms with Gasteiger partial charge in [0.25, 0.3) is 5.91 Å². The predicted molar refractivity (Wildman–Crippen MR) is 93.7 cm³/mol. The lowest BCUT2D eigenvalue weighted by Gasteiger charge is -2.30. The zero-order chi connectivity index (χ0) is 17.9. The zero-order valence-corrected chi connectivity index (χ0v) is 15.7. The van der Waals surface area contributed by atoms with Crippen molar-refractivity contribution in [2.75, 3.05) is 0 Å². The van der Waals surface area contributed by atoms with Crippen molar-refractivity contribution in [1.82, 2.24) is 10.3 Å². The molecular formula is C16H19Cl3N2O3. The second kappa shape index (κ2) is 8.37. The summed E-state index contributed by atoms with van der Waals surface area (Å²) in [5.41, 5.74) is -0.170. The van der Waals surface area contributed by atoms with Crippen molar-refractivity contribution in [2.24, 2.45) is 5.92 Å². The summed E-state index contributed by atoms with van der Waals surface area (Å²) in [5.74, 6) is -0.743. The first-order valence-corrected chi connectivity index (χ1v) is 8.95. The van der Waals surface area contributed by atoms with Gasteiger partial charge in [0.05, 0.1) is 15.1 Å². The molecule has 132 valence electrons. The summed E-state index contributed by atoms with van der Waals surface area (Å²) in [7, 11) is 0. The van der Waals surface area contributed by atoms with Crippen LogP contribution in [0.5, 0.6) is 0 Å². The molecule has 1 heterocycles. The van der Waals surface area contributed by atoms with Gasteiger partial charge < -0.3 is 10.1 Å². The maximum absolute atomic E-state index is 12.2. The van der Waals surface area contributed by atoms with Crippen LogP contribution in [0.3, 0.4) is 0 Å². The summed E-state index contributed by atoms with van der Waals surface area (Å²) >= 11 is 17.6. The molecule has 1 N–H and O–H groups in total. The third-order valence-electron chi connectivity index (χ3n) is 4.20. The molecule has 1 aromatic heterocycles. The van der Waals surface area contributed by atoms with Crippen molar-refractivity contribution in [1.29, 1.82) is 0 Å². The van der Waals surface area contributed by atoms with E-state index < -0.39 is 12.1 Å². The van der Waals surface area contributed by atoms with E-state index in [4.69, 9.17) is 39.5 Å². The van der Waals surface area contributed by atoms with E-state index in [1.54, 1.807) is 0 Å². The molecule has 0 unspecified atom stereocenters. The molecule has 1 aliphatic rings. The van der Waals surface area contributed by atoms with Gasteiger partial charge in [-0.3, -0.25) is 4.79 Å². The second-order valence-electron chi connectivity index (χ2n) is 6.01. The van der Waals surface area contributed by atoms with Gasteiger partial charge in [-0.1, -0.05) is 54.6 Å². The minimum absolute atomic E-state index is 0.0217. The number of rotatable bonds is 4. The molecule has 1 amide bonds. The zero-order valence-electron chi connectivity index (χ0n) is 13.4. The number of ether oxygens (including phenoxy) is 1. The number of esters is 1. The van der Waals surface area contributed by atoms with Crippen LogP contribution in [0.2, 0.25) is 15.1 Å². The van der Waals surface area contributed by atoms with Crippen molar-refractivity contribution in [3.8, 4) is 0 Å². The standard InChI is InChI=1S/C16H19Cl3N2O3/c1-8-5-3-4-6-11(8)21-15(22)9(2)24-16(23)14-13(19)12(18)10(17)7-20-14/h7-9,11H,3-6H2,1-2H3,(H,21,22)/t8-,9+,11+/m1/s1. The number of hydrogen-bond acceptors (Lipinski definition) is 4. The number of halogens is 3. The molecule has 5 nitrogen and oxygen atoms in total. The highest BCUT2D eigenvalue weighted by atomic mass is 35.5. The lowest BCUT2D eigenvalue weighted by Crippen LogP contribution is -2.46. The van der Waals surface area contributed by atoms with Crippen molar-refractivity contribution >= 4 is 46.7 Å². The van der Waals surface area contributed by atoms with Crippen LogP contribution in [-0.4, -0.2) is 29.0 Å². The van der Waals surface area contributed by atoms with Crippen molar-refractivity contribution in [3.05, 3.63) is 27.0 Å². The molecule has 1 fully saturated rings. The molecule has 0 saturated heterocycles. The number of hydrogen-bond donors (Lipinski definition) is 1. The van der Waals surface area contributed by atoms with E-state index in [9.17, 15) is 9.59 Å². The van der Waals surface area contributed by atoms with Gasteiger partial charge >= 0.3 is 5.97 Å². The van der Waals surface area contributed by atoms with Crippen LogP contribution in [0.25, 0.3) is 0 Å². The molecule has 1 aliphatic carbocycles. The maximum Gasteiger partial charge on any atom is 0.359 e. The Kier molecular flexibility index (Phi) is 6.72. The molecule has 0 radical (unpaired) electrons. The number of aromatic nitrogens is 1. The Bertz CT molecular complexity index is 639. The fraction of sp³-hybridized carbons (Fsp3) is 0.562. The van der Waals surface area contributed by atoms with Crippen LogP contribution in [0.15, 0.2) is 6.20 Å². The Labute approximate surface area is 156 Å². The third kappa shape index (κ3) is 4.52. The van der Waals surface area contributed by atoms with Crippen molar-refractivity contribution in [3.63, 3.8) is 0 Å². The molecular weight excluding hydrogens is 375 g/mol. The quantitative estimate of drug-likeness (QED) is 0.775. The maximum atomic E-state index is 12.2. The molecule has 1 aromatic rings. The van der Waals surface area contributed by atoms with E-state index >= 15 is 0 Å². The highest BCUT2D eigenvalue weighted by molar-refractivity contribution is 6.48. The lowest BCUT2D eigenvalue weighted by atomic mass is 9.86. The van der Waals surface area contributed by atoms with Crippen molar-refractivity contribution < 1.29 is 14.3 Å². The topological polar surface area (TPSA) is 68.3 Å². The Morgan fingerprint density at radius 1 is 1.25 bits per heavy atom. The fourth-order valence-electron chi connectivity index (χ4n) is 2.69. The van der Waals surface area contributed by atoms with E-state index in [1.807, 2.05) is 0 Å². The van der Waals surface area contributed by atoms with Crippen LogP contribution in [-0.2, 0) is 9.53 Å². The molecule has 2 rings (SSSR count). The molecule has 1 saturated carbocycles. The first-order valence-electron chi connectivity index (χ1n) is 7.82. The van der Waals surface area contributed by atoms with Gasteiger partial charge in [-0.2, -0.15) is 0 Å². The normalized spacial score (nSPS) is 21.9. The summed E-state index contributed by atoms with van der Waals surface area (Å²) in [4.78, 5) is 28.2. The highest BCUT2D eigenvalue weighted by Gasteiger charge is 2.27. The average Bonchev–Trinajstić information content (AvgIpc) is 2.54. The number of pyridine rings is 1. The van der Waals surface area contributed by atoms with Gasteiger partial charge in [-0.15, -0.1) is 0 Å². The van der Waals surface area contributed by atoms with Crippen LogP contribution in [0.1, 0.15) is 50.0 Å². The summed E-state index contributed by atoms with van der Waals surface area (Å²) in [6, 6.07) is 0.110.